The molecule has 1 fully saturated rings. The van der Waals surface area contributed by atoms with E-state index in [4.69, 9.17) is 0 Å². The summed E-state index contributed by atoms with van der Waals surface area (Å²) < 4.78 is 0. The number of carbonyl (C=O) groups is 6. The molecule has 234 valence electrons. The summed E-state index contributed by atoms with van der Waals surface area (Å²) in [5, 5.41) is 21.0. The zero-order chi connectivity index (χ0) is 32.0. The number of H-pyrrole nitrogens is 1. The van der Waals surface area contributed by atoms with Crippen LogP contribution in [0.15, 0.2) is 30.5 Å². The molecule has 0 radical (unpaired) electrons. The fourth-order valence-corrected chi connectivity index (χ4v) is 5.03. The van der Waals surface area contributed by atoms with Crippen LogP contribution in [0, 0.1) is 11.8 Å². The van der Waals surface area contributed by atoms with Crippen molar-refractivity contribution in [2.75, 3.05) is 7.05 Å². The van der Waals surface area contributed by atoms with E-state index in [1.54, 1.807) is 20.0 Å². The molecule has 0 bridgehead atoms. The van der Waals surface area contributed by atoms with E-state index in [0.717, 1.165) is 15.8 Å². The van der Waals surface area contributed by atoms with Gasteiger partial charge < -0.3 is 36.3 Å². The third-order valence-corrected chi connectivity index (χ3v) is 7.62. The SMILES string of the molecule is CC(C)C[C@@H]1NC(=O)[C@H](C(C)C)NC(=O)[C@H](C)N(C)C(=O)[C@H](CC(=O)O)NC(=O)[C@@H](Cc2c[nH]c3ccccc23)NC1=O. The zero-order valence-corrected chi connectivity index (χ0v) is 25.4. The lowest BCUT2D eigenvalue weighted by Gasteiger charge is -2.30. The molecule has 0 unspecified atom stereocenters. The van der Waals surface area contributed by atoms with Gasteiger partial charge in [-0.15, -0.1) is 0 Å². The molecule has 1 aromatic carbocycles. The van der Waals surface area contributed by atoms with Gasteiger partial charge >= 0.3 is 5.97 Å². The Labute approximate surface area is 250 Å². The smallest absolute Gasteiger partial charge is 0.305 e. The molecule has 1 aliphatic rings. The average Bonchev–Trinajstić information content (AvgIpc) is 3.34. The first-order valence-electron chi connectivity index (χ1n) is 14.4. The minimum absolute atomic E-state index is 0.0127. The van der Waals surface area contributed by atoms with Gasteiger partial charge in [-0.2, -0.15) is 0 Å². The molecular weight excluding hydrogens is 556 g/mol. The summed E-state index contributed by atoms with van der Waals surface area (Å²) in [6.07, 6.45) is 1.23. The Hall–Kier alpha value is -4.42. The normalized spacial score (nSPS) is 24.7. The van der Waals surface area contributed by atoms with E-state index in [1.807, 2.05) is 38.1 Å². The van der Waals surface area contributed by atoms with Crippen LogP contribution in [0.1, 0.15) is 53.0 Å². The first kappa shape index (κ1) is 33.1. The summed E-state index contributed by atoms with van der Waals surface area (Å²) >= 11 is 0. The molecule has 0 saturated carbocycles. The standard InChI is InChI=1S/C30H42N6O7/c1-15(2)11-21-27(40)32-22(12-18-14-31-20-10-8-7-9-19(18)20)28(41)34-23(13-24(37)38)30(43)36(6)17(5)26(39)35-25(16(3)4)29(42)33-21/h7-10,14-17,21-23,25,31H,11-13H2,1-6H3,(H,32,40)(H,33,42)(H,34,41)(H,35,39)(H,37,38)/t17-,21-,22+,23-,25-/m0/s1. The van der Waals surface area contributed by atoms with Gasteiger partial charge in [-0.25, -0.2) is 0 Å². The lowest BCUT2D eigenvalue weighted by molar-refractivity contribution is -0.146. The number of benzene rings is 1. The van der Waals surface area contributed by atoms with Crippen molar-refractivity contribution in [2.24, 2.45) is 11.8 Å². The van der Waals surface area contributed by atoms with Crippen LogP contribution >= 0.6 is 0 Å². The number of hydrogen-bond acceptors (Lipinski definition) is 6. The van der Waals surface area contributed by atoms with Crippen molar-refractivity contribution < 1.29 is 33.9 Å². The number of carbonyl (C=O) groups excluding carboxylic acids is 5. The van der Waals surface area contributed by atoms with E-state index in [2.05, 4.69) is 26.3 Å². The number of fused-ring (bicyclic) bond motifs is 1. The van der Waals surface area contributed by atoms with E-state index < -0.39 is 72.1 Å². The zero-order valence-electron chi connectivity index (χ0n) is 25.4. The van der Waals surface area contributed by atoms with Gasteiger partial charge in [0.25, 0.3) is 0 Å². The predicted molar refractivity (Wildman–Crippen MR) is 159 cm³/mol. The van der Waals surface area contributed by atoms with Gasteiger partial charge in [-0.05, 0) is 36.8 Å². The van der Waals surface area contributed by atoms with E-state index in [0.29, 0.717) is 5.56 Å². The van der Waals surface area contributed by atoms with E-state index >= 15 is 0 Å². The third-order valence-electron chi connectivity index (χ3n) is 7.62. The molecule has 0 spiro atoms. The van der Waals surface area contributed by atoms with Gasteiger partial charge in [-0.3, -0.25) is 28.8 Å². The Balaban J connectivity index is 2.09. The number of aliphatic carboxylic acids is 1. The fraction of sp³-hybridized carbons (Fsp3) is 0.533. The molecule has 2 aromatic rings. The number of hydrogen-bond donors (Lipinski definition) is 6. The van der Waals surface area contributed by atoms with Gasteiger partial charge in [0, 0.05) is 30.6 Å². The molecule has 13 heteroatoms. The van der Waals surface area contributed by atoms with E-state index in [1.165, 1.54) is 14.0 Å². The van der Waals surface area contributed by atoms with E-state index in [9.17, 15) is 33.9 Å². The maximum atomic E-state index is 13.7. The first-order chi connectivity index (χ1) is 20.2. The van der Waals surface area contributed by atoms with Crippen molar-refractivity contribution >= 4 is 46.4 Å². The number of aromatic nitrogens is 1. The minimum Gasteiger partial charge on any atom is -0.481 e. The Morgan fingerprint density at radius 1 is 0.860 bits per heavy atom. The summed E-state index contributed by atoms with van der Waals surface area (Å²) in [5.41, 5.74) is 1.53. The number of carboxylic acids is 1. The van der Waals surface area contributed by atoms with E-state index in [-0.39, 0.29) is 24.7 Å². The molecule has 1 saturated heterocycles. The number of carboxylic acid groups (broad SMARTS) is 1. The molecule has 1 aliphatic heterocycles. The molecule has 3 rings (SSSR count). The number of aromatic amines is 1. The van der Waals surface area contributed by atoms with Gasteiger partial charge in [0.15, 0.2) is 0 Å². The van der Waals surface area contributed by atoms with Crippen molar-refractivity contribution in [1.29, 1.82) is 0 Å². The highest BCUT2D eigenvalue weighted by atomic mass is 16.4. The molecule has 43 heavy (non-hydrogen) atoms. The minimum atomic E-state index is -1.52. The topological polar surface area (TPSA) is 190 Å². The molecule has 13 nitrogen and oxygen atoms in total. The quantitative estimate of drug-likeness (QED) is 0.270. The van der Waals surface area contributed by atoms with Crippen molar-refractivity contribution in [2.45, 2.75) is 84.1 Å². The van der Waals surface area contributed by atoms with Crippen LogP contribution in [-0.4, -0.2) is 87.8 Å². The Bertz CT molecular complexity index is 1370. The average molecular weight is 599 g/mol. The largest absolute Gasteiger partial charge is 0.481 e. The Morgan fingerprint density at radius 3 is 2.09 bits per heavy atom. The first-order valence-corrected chi connectivity index (χ1v) is 14.4. The summed E-state index contributed by atoms with van der Waals surface area (Å²) in [6, 6.07) is 1.49. The van der Waals surface area contributed by atoms with Crippen molar-refractivity contribution in [3.8, 4) is 0 Å². The molecular formula is C30H42N6O7. The second-order valence-corrected chi connectivity index (χ2v) is 11.8. The van der Waals surface area contributed by atoms with Crippen LogP contribution in [0.25, 0.3) is 10.9 Å². The molecule has 1 aromatic heterocycles. The Kier molecular flexibility index (Phi) is 10.9. The van der Waals surface area contributed by atoms with Crippen LogP contribution in [0.4, 0.5) is 0 Å². The van der Waals surface area contributed by atoms with Crippen molar-refractivity contribution in [3.05, 3.63) is 36.0 Å². The number of rotatable bonds is 7. The summed E-state index contributed by atoms with van der Waals surface area (Å²) in [7, 11) is 1.32. The summed E-state index contributed by atoms with van der Waals surface area (Å²) in [4.78, 5) is 83.3. The lowest BCUT2D eigenvalue weighted by atomic mass is 9.98. The molecule has 2 heterocycles. The molecule has 0 aliphatic carbocycles. The van der Waals surface area contributed by atoms with Crippen LogP contribution < -0.4 is 21.3 Å². The second-order valence-electron chi connectivity index (χ2n) is 11.8. The maximum absolute atomic E-state index is 13.7. The molecule has 5 atom stereocenters. The predicted octanol–water partition coefficient (Wildman–Crippen LogP) is 0.687. The fourth-order valence-electron chi connectivity index (χ4n) is 5.03. The van der Waals surface area contributed by atoms with Crippen LogP contribution in [0.3, 0.4) is 0 Å². The van der Waals surface area contributed by atoms with Crippen molar-refractivity contribution in [3.63, 3.8) is 0 Å². The van der Waals surface area contributed by atoms with Crippen molar-refractivity contribution in [1.82, 2.24) is 31.2 Å². The lowest BCUT2D eigenvalue weighted by Crippen LogP contribution is -2.59. The maximum Gasteiger partial charge on any atom is 0.305 e. The highest BCUT2D eigenvalue weighted by Crippen LogP contribution is 2.20. The number of para-hydroxylation sites is 1. The molecule has 5 amide bonds. The van der Waals surface area contributed by atoms with Gasteiger partial charge in [0.2, 0.25) is 29.5 Å². The number of likely N-dealkylation sites (N-methyl/N-ethyl adjacent to an activating group) is 1. The van der Waals surface area contributed by atoms with Gasteiger partial charge in [0.1, 0.15) is 30.2 Å². The second kappa shape index (κ2) is 14.2. The van der Waals surface area contributed by atoms with Crippen LogP contribution in [-0.2, 0) is 35.2 Å². The highest BCUT2D eigenvalue weighted by molar-refractivity contribution is 5.99. The number of amides is 5. The van der Waals surface area contributed by atoms with Crippen LogP contribution in [0.5, 0.6) is 0 Å². The monoisotopic (exact) mass is 598 g/mol. The molecule has 6 N–H and O–H groups in total. The third kappa shape index (κ3) is 8.33. The number of nitrogens with zero attached hydrogens (tertiary/aromatic N) is 1. The highest BCUT2D eigenvalue weighted by Gasteiger charge is 2.37. The summed E-state index contributed by atoms with van der Waals surface area (Å²) in [6.45, 7) is 8.67. The van der Waals surface area contributed by atoms with Gasteiger partial charge in [0.05, 0.1) is 6.42 Å². The number of nitrogens with one attached hydrogen (secondary N) is 5. The Morgan fingerprint density at radius 2 is 1.47 bits per heavy atom. The van der Waals surface area contributed by atoms with Crippen LogP contribution in [0.2, 0.25) is 0 Å². The summed E-state index contributed by atoms with van der Waals surface area (Å²) in [5.74, 6) is -5.18. The van der Waals surface area contributed by atoms with Gasteiger partial charge in [-0.1, -0.05) is 45.9 Å².